The Labute approximate surface area is 129 Å². The minimum Gasteiger partial charge on any atom is -0.382 e. The predicted octanol–water partition coefficient (Wildman–Crippen LogP) is 2.68. The van der Waals surface area contributed by atoms with Gasteiger partial charge in [-0.25, -0.2) is 0 Å². The first-order chi connectivity index (χ1) is 10.1. The molecule has 2 aromatic rings. The monoisotopic (exact) mass is 303 g/mol. The molecule has 0 aliphatic carbocycles. The van der Waals surface area contributed by atoms with Crippen molar-refractivity contribution in [1.82, 2.24) is 14.3 Å². The maximum atomic E-state index is 6.06. The molecule has 1 aliphatic heterocycles. The Morgan fingerprint density at radius 2 is 2.14 bits per heavy atom. The second-order valence-corrected chi connectivity index (χ2v) is 6.48. The molecule has 2 unspecified atom stereocenters. The summed E-state index contributed by atoms with van der Waals surface area (Å²) in [6.45, 7) is 3.40. The Kier molecular flexibility index (Phi) is 4.07. The summed E-state index contributed by atoms with van der Waals surface area (Å²) in [6, 6.07) is 5.04. The number of hydrogen-bond donors (Lipinski definition) is 2. The molecule has 5 nitrogen and oxygen atoms in total. The molecule has 21 heavy (non-hydrogen) atoms. The Balaban J connectivity index is 1.81. The Morgan fingerprint density at radius 3 is 2.86 bits per heavy atom. The van der Waals surface area contributed by atoms with Gasteiger partial charge in [-0.15, -0.1) is 0 Å². The highest BCUT2D eigenvalue weighted by atomic mass is 32.1. The van der Waals surface area contributed by atoms with Gasteiger partial charge in [-0.2, -0.15) is 4.37 Å². The van der Waals surface area contributed by atoms with Crippen LogP contribution in [0.3, 0.4) is 0 Å². The normalized spacial score (nSPS) is 23.1. The van der Waals surface area contributed by atoms with Crippen molar-refractivity contribution in [1.29, 1.82) is 0 Å². The number of rotatable bonds is 3. The molecule has 1 aliphatic rings. The molecular weight excluding hydrogens is 282 g/mol. The minimum atomic E-state index is 0.483. The van der Waals surface area contributed by atoms with Crippen LogP contribution in [0, 0.1) is 0 Å². The van der Waals surface area contributed by atoms with Crippen LogP contribution >= 0.6 is 11.5 Å². The summed E-state index contributed by atoms with van der Waals surface area (Å²) in [7, 11) is 2.19. The van der Waals surface area contributed by atoms with Gasteiger partial charge in [0.25, 0.3) is 0 Å². The van der Waals surface area contributed by atoms with Crippen molar-refractivity contribution in [2.75, 3.05) is 24.6 Å². The van der Waals surface area contributed by atoms with Gasteiger partial charge < -0.3 is 16.0 Å². The van der Waals surface area contributed by atoms with Crippen LogP contribution in [-0.2, 0) is 0 Å². The average molecular weight is 303 g/mol. The highest BCUT2D eigenvalue weighted by Crippen LogP contribution is 2.37. The van der Waals surface area contributed by atoms with Crippen molar-refractivity contribution in [3.05, 3.63) is 24.5 Å². The summed E-state index contributed by atoms with van der Waals surface area (Å²) in [5.74, 6) is 0.592. The van der Waals surface area contributed by atoms with Crippen LogP contribution in [-0.4, -0.2) is 39.9 Å². The maximum absolute atomic E-state index is 6.06. The summed E-state index contributed by atoms with van der Waals surface area (Å²) < 4.78 is 4.32. The number of pyridine rings is 1. The Bertz CT molecular complexity index is 597. The molecule has 0 amide bonds. The molecule has 2 aromatic heterocycles. The number of nitrogens with zero attached hydrogens (tertiary/aromatic N) is 3. The number of likely N-dealkylation sites (tertiary alicyclic amines) is 1. The summed E-state index contributed by atoms with van der Waals surface area (Å²) in [6.07, 6.45) is 5.86. The number of anilines is 2. The zero-order chi connectivity index (χ0) is 14.8. The lowest BCUT2D eigenvalue weighted by Gasteiger charge is -2.35. The molecule has 0 saturated carbocycles. The van der Waals surface area contributed by atoms with E-state index >= 15 is 0 Å². The van der Waals surface area contributed by atoms with E-state index in [9.17, 15) is 0 Å². The third-order valence-electron chi connectivity index (χ3n) is 4.23. The number of nitrogen functional groups attached to an aromatic ring is 1. The third kappa shape index (κ3) is 3.01. The van der Waals surface area contributed by atoms with Gasteiger partial charge in [0.05, 0.1) is 5.56 Å². The van der Waals surface area contributed by atoms with Gasteiger partial charge in [-0.1, -0.05) is 0 Å². The largest absolute Gasteiger partial charge is 0.382 e. The fourth-order valence-electron chi connectivity index (χ4n) is 2.80. The van der Waals surface area contributed by atoms with E-state index < -0.39 is 0 Å². The van der Waals surface area contributed by atoms with Crippen LogP contribution in [0.25, 0.3) is 11.1 Å². The third-order valence-corrected chi connectivity index (χ3v) is 5.02. The van der Waals surface area contributed by atoms with Gasteiger partial charge in [-0.3, -0.25) is 4.98 Å². The van der Waals surface area contributed by atoms with Crippen molar-refractivity contribution >= 4 is 22.4 Å². The van der Waals surface area contributed by atoms with Crippen LogP contribution in [0.5, 0.6) is 0 Å². The molecule has 0 radical (unpaired) electrons. The zero-order valence-corrected chi connectivity index (χ0v) is 13.2. The fraction of sp³-hybridized carbons (Fsp3) is 0.467. The number of piperidine rings is 1. The lowest BCUT2D eigenvalue weighted by atomic mass is 9.99. The second-order valence-electron chi connectivity index (χ2n) is 5.70. The lowest BCUT2D eigenvalue weighted by Crippen LogP contribution is -2.42. The van der Waals surface area contributed by atoms with Gasteiger partial charge in [0.1, 0.15) is 10.8 Å². The van der Waals surface area contributed by atoms with E-state index in [1.54, 1.807) is 12.4 Å². The van der Waals surface area contributed by atoms with Crippen molar-refractivity contribution < 1.29 is 0 Å². The standard InChI is InChI=1S/C15H21N5S/c1-10-9-12(5-8-20(10)2)18-15-13(14(16)19-21-15)11-3-6-17-7-4-11/h3-4,6-7,10,12,18H,5,8-9H2,1-2H3,(H2,16,19). The van der Waals surface area contributed by atoms with Gasteiger partial charge in [-0.05, 0) is 56.0 Å². The first kappa shape index (κ1) is 14.3. The van der Waals surface area contributed by atoms with Crippen LogP contribution in [0.4, 0.5) is 10.8 Å². The number of nitrogens with one attached hydrogen (secondary N) is 1. The van der Waals surface area contributed by atoms with Gasteiger partial charge >= 0.3 is 0 Å². The molecule has 0 spiro atoms. The number of hydrogen-bond acceptors (Lipinski definition) is 6. The zero-order valence-electron chi connectivity index (χ0n) is 12.4. The topological polar surface area (TPSA) is 67.1 Å². The van der Waals surface area contributed by atoms with Crippen molar-refractivity contribution in [2.24, 2.45) is 0 Å². The smallest absolute Gasteiger partial charge is 0.147 e. The Morgan fingerprint density at radius 1 is 1.38 bits per heavy atom. The van der Waals surface area contributed by atoms with Crippen molar-refractivity contribution in [2.45, 2.75) is 31.8 Å². The molecule has 1 fully saturated rings. The van der Waals surface area contributed by atoms with Gasteiger partial charge in [0.15, 0.2) is 0 Å². The summed E-state index contributed by atoms with van der Waals surface area (Å²) in [5, 5.41) is 4.72. The number of nitrogens with two attached hydrogens (primary N) is 1. The highest BCUT2D eigenvalue weighted by molar-refractivity contribution is 7.11. The summed E-state index contributed by atoms with van der Waals surface area (Å²) >= 11 is 1.45. The van der Waals surface area contributed by atoms with Crippen LogP contribution in [0.15, 0.2) is 24.5 Å². The fourth-order valence-corrected chi connectivity index (χ4v) is 3.62. The maximum Gasteiger partial charge on any atom is 0.147 e. The molecule has 2 atom stereocenters. The molecule has 112 valence electrons. The van der Waals surface area contributed by atoms with E-state index in [4.69, 9.17) is 5.73 Å². The predicted molar refractivity (Wildman–Crippen MR) is 88.5 cm³/mol. The number of aromatic nitrogens is 2. The van der Waals surface area contributed by atoms with Crippen LogP contribution in [0.2, 0.25) is 0 Å². The van der Waals surface area contributed by atoms with E-state index in [-0.39, 0.29) is 0 Å². The second kappa shape index (κ2) is 5.99. The lowest BCUT2D eigenvalue weighted by molar-refractivity contribution is 0.190. The SMILES string of the molecule is CC1CC(Nc2snc(N)c2-c2ccncc2)CCN1C. The van der Waals surface area contributed by atoms with E-state index in [1.165, 1.54) is 11.5 Å². The molecule has 3 heterocycles. The molecular formula is C15H21N5S. The quantitative estimate of drug-likeness (QED) is 0.912. The van der Waals surface area contributed by atoms with E-state index in [0.717, 1.165) is 35.5 Å². The van der Waals surface area contributed by atoms with E-state index in [1.807, 2.05) is 12.1 Å². The van der Waals surface area contributed by atoms with E-state index in [0.29, 0.717) is 17.9 Å². The van der Waals surface area contributed by atoms with Gasteiger partial charge in [0.2, 0.25) is 0 Å². The van der Waals surface area contributed by atoms with Crippen molar-refractivity contribution in [3.63, 3.8) is 0 Å². The molecule has 3 rings (SSSR count). The molecule has 1 saturated heterocycles. The van der Waals surface area contributed by atoms with E-state index in [2.05, 4.69) is 33.5 Å². The van der Waals surface area contributed by atoms with Gasteiger partial charge in [0, 0.05) is 31.0 Å². The molecule has 3 N–H and O–H groups in total. The first-order valence-corrected chi connectivity index (χ1v) is 8.05. The molecule has 0 aromatic carbocycles. The van der Waals surface area contributed by atoms with Crippen LogP contribution < -0.4 is 11.1 Å². The molecule has 6 heteroatoms. The minimum absolute atomic E-state index is 0.483. The first-order valence-electron chi connectivity index (χ1n) is 7.27. The summed E-state index contributed by atoms with van der Waals surface area (Å²) in [4.78, 5) is 6.47. The van der Waals surface area contributed by atoms with Crippen LogP contribution in [0.1, 0.15) is 19.8 Å². The van der Waals surface area contributed by atoms with Crippen molar-refractivity contribution in [3.8, 4) is 11.1 Å². The molecule has 0 bridgehead atoms. The average Bonchev–Trinajstić information content (AvgIpc) is 2.85. The summed E-state index contributed by atoms with van der Waals surface area (Å²) in [5.41, 5.74) is 8.14. The Hall–Kier alpha value is -1.66. The highest BCUT2D eigenvalue weighted by Gasteiger charge is 2.24.